The smallest absolute Gasteiger partial charge is 0.325 e. The summed E-state index contributed by atoms with van der Waals surface area (Å²) in [7, 11) is 0. The van der Waals surface area contributed by atoms with Gasteiger partial charge in [0.15, 0.2) is 0 Å². The highest BCUT2D eigenvalue weighted by Crippen LogP contribution is 2.17. The second-order valence-corrected chi connectivity index (χ2v) is 4.48. The second-order valence-electron chi connectivity index (χ2n) is 4.48. The maximum atomic E-state index is 13.2. The number of nitrogens with zero attached hydrogens (tertiary/aromatic N) is 1. The molecule has 1 aromatic carbocycles. The Morgan fingerprint density at radius 1 is 1.40 bits per heavy atom. The lowest BCUT2D eigenvalue weighted by molar-refractivity contribution is -0.139. The minimum atomic E-state index is -1.01. The fraction of sp³-hybridized carbons (Fsp3) is 0.200. The third kappa shape index (κ3) is 3.39. The number of aliphatic carboxylic acids is 1. The highest BCUT2D eigenvalue weighted by atomic mass is 19.1. The molecule has 0 saturated carbocycles. The van der Waals surface area contributed by atoms with E-state index in [-0.39, 0.29) is 5.82 Å². The minimum Gasteiger partial charge on any atom is -0.480 e. The average molecular weight is 274 g/mol. The van der Waals surface area contributed by atoms with Crippen LogP contribution in [0.1, 0.15) is 22.9 Å². The summed E-state index contributed by atoms with van der Waals surface area (Å²) in [5.74, 6) is -1.35. The lowest BCUT2D eigenvalue weighted by atomic mass is 10.0. The van der Waals surface area contributed by atoms with E-state index in [2.05, 4.69) is 10.3 Å². The Hall–Kier alpha value is -2.27. The highest BCUT2D eigenvalue weighted by Gasteiger charge is 2.19. The van der Waals surface area contributed by atoms with Crippen LogP contribution in [0, 0.1) is 12.7 Å². The molecule has 0 radical (unpaired) electrons. The number of carboxylic acids is 1. The van der Waals surface area contributed by atoms with Gasteiger partial charge in [0.05, 0.1) is 5.69 Å². The highest BCUT2D eigenvalue weighted by molar-refractivity contribution is 5.75. The fourth-order valence-electron chi connectivity index (χ4n) is 1.90. The van der Waals surface area contributed by atoms with E-state index in [0.717, 1.165) is 5.69 Å². The van der Waals surface area contributed by atoms with Crippen molar-refractivity contribution in [1.29, 1.82) is 0 Å². The first-order valence-electron chi connectivity index (χ1n) is 6.20. The maximum Gasteiger partial charge on any atom is 0.325 e. The van der Waals surface area contributed by atoms with Crippen molar-refractivity contribution in [2.75, 3.05) is 0 Å². The number of aryl methyl sites for hydroxylation is 1. The van der Waals surface area contributed by atoms with Gasteiger partial charge in [-0.05, 0) is 36.2 Å². The summed E-state index contributed by atoms with van der Waals surface area (Å²) in [4.78, 5) is 15.5. The molecule has 1 atom stereocenters. The molecular weight excluding hydrogens is 259 g/mol. The van der Waals surface area contributed by atoms with Crippen LogP contribution in [-0.2, 0) is 11.3 Å². The number of carboxylic acid groups (broad SMARTS) is 1. The van der Waals surface area contributed by atoms with Crippen molar-refractivity contribution in [1.82, 2.24) is 10.3 Å². The van der Waals surface area contributed by atoms with E-state index in [0.29, 0.717) is 17.7 Å². The van der Waals surface area contributed by atoms with Crippen molar-refractivity contribution in [2.24, 2.45) is 0 Å². The van der Waals surface area contributed by atoms with Gasteiger partial charge in [0.1, 0.15) is 11.9 Å². The Kier molecular flexibility index (Phi) is 4.42. The lowest BCUT2D eigenvalue weighted by Crippen LogP contribution is -2.28. The van der Waals surface area contributed by atoms with Crippen LogP contribution in [0.5, 0.6) is 0 Å². The number of carbonyl (C=O) groups is 1. The first kappa shape index (κ1) is 14.1. The SMILES string of the molecule is Cc1cc(C(NCc2ccccn2)C(=O)O)ccc1F. The summed E-state index contributed by atoms with van der Waals surface area (Å²) in [5.41, 5.74) is 1.69. The summed E-state index contributed by atoms with van der Waals surface area (Å²) in [6, 6.07) is 8.84. The Morgan fingerprint density at radius 3 is 2.80 bits per heavy atom. The van der Waals surface area contributed by atoms with Crippen LogP contribution in [0.25, 0.3) is 0 Å². The molecule has 0 saturated heterocycles. The standard InChI is InChI=1S/C15H15FN2O2/c1-10-8-11(5-6-13(10)16)14(15(19)20)18-9-12-4-2-3-7-17-12/h2-8,14,18H,9H2,1H3,(H,19,20). The van der Waals surface area contributed by atoms with Crippen molar-refractivity contribution in [3.8, 4) is 0 Å². The monoisotopic (exact) mass is 274 g/mol. The molecule has 1 aromatic heterocycles. The van der Waals surface area contributed by atoms with Gasteiger partial charge in [0.25, 0.3) is 0 Å². The normalized spacial score (nSPS) is 12.1. The number of nitrogens with one attached hydrogen (secondary N) is 1. The second kappa shape index (κ2) is 6.25. The van der Waals surface area contributed by atoms with Gasteiger partial charge in [-0.3, -0.25) is 15.1 Å². The van der Waals surface area contributed by atoms with Gasteiger partial charge in [0, 0.05) is 12.7 Å². The van der Waals surface area contributed by atoms with Crippen molar-refractivity contribution in [2.45, 2.75) is 19.5 Å². The van der Waals surface area contributed by atoms with E-state index in [1.807, 2.05) is 12.1 Å². The molecule has 1 heterocycles. The molecule has 2 rings (SSSR count). The molecule has 104 valence electrons. The largest absolute Gasteiger partial charge is 0.480 e. The van der Waals surface area contributed by atoms with Gasteiger partial charge in [-0.15, -0.1) is 0 Å². The number of hydrogen-bond acceptors (Lipinski definition) is 3. The molecule has 0 fully saturated rings. The Labute approximate surface area is 116 Å². The zero-order valence-corrected chi connectivity index (χ0v) is 11.0. The molecule has 4 nitrogen and oxygen atoms in total. The molecule has 2 aromatic rings. The number of rotatable bonds is 5. The summed E-state index contributed by atoms with van der Waals surface area (Å²) in [6.45, 7) is 1.94. The number of halogens is 1. The maximum absolute atomic E-state index is 13.2. The summed E-state index contributed by atoms with van der Waals surface area (Å²) in [6.07, 6.45) is 1.65. The van der Waals surface area contributed by atoms with Crippen LogP contribution in [-0.4, -0.2) is 16.1 Å². The number of benzene rings is 1. The molecule has 1 unspecified atom stereocenters. The van der Waals surface area contributed by atoms with E-state index in [9.17, 15) is 14.3 Å². The summed E-state index contributed by atoms with van der Waals surface area (Å²) in [5, 5.41) is 12.2. The van der Waals surface area contributed by atoms with Gasteiger partial charge < -0.3 is 5.11 Å². The Morgan fingerprint density at radius 2 is 2.20 bits per heavy atom. The van der Waals surface area contributed by atoms with Crippen molar-refractivity contribution < 1.29 is 14.3 Å². The number of hydrogen-bond donors (Lipinski definition) is 2. The van der Waals surface area contributed by atoms with Crippen molar-refractivity contribution >= 4 is 5.97 Å². The predicted octanol–water partition coefficient (Wildman–Crippen LogP) is 2.44. The molecule has 0 spiro atoms. The zero-order chi connectivity index (χ0) is 14.5. The first-order chi connectivity index (χ1) is 9.58. The molecule has 0 amide bonds. The third-order valence-corrected chi connectivity index (χ3v) is 2.98. The van der Waals surface area contributed by atoms with Crippen LogP contribution in [0.2, 0.25) is 0 Å². The van der Waals surface area contributed by atoms with E-state index in [4.69, 9.17) is 0 Å². The van der Waals surface area contributed by atoms with E-state index < -0.39 is 12.0 Å². The lowest BCUT2D eigenvalue weighted by Gasteiger charge is -2.15. The van der Waals surface area contributed by atoms with Crippen molar-refractivity contribution in [3.63, 3.8) is 0 Å². The van der Waals surface area contributed by atoms with Gasteiger partial charge in [-0.25, -0.2) is 4.39 Å². The molecule has 5 heteroatoms. The molecular formula is C15H15FN2O2. The average Bonchev–Trinajstić information content (AvgIpc) is 2.43. The van der Waals surface area contributed by atoms with Crippen LogP contribution in [0.4, 0.5) is 4.39 Å². The zero-order valence-electron chi connectivity index (χ0n) is 11.0. The molecule has 0 aliphatic heterocycles. The first-order valence-corrected chi connectivity index (χ1v) is 6.20. The molecule has 2 N–H and O–H groups in total. The number of aromatic nitrogens is 1. The minimum absolute atomic E-state index is 0.328. The molecule has 20 heavy (non-hydrogen) atoms. The van der Waals surface area contributed by atoms with Gasteiger partial charge in [-0.1, -0.05) is 18.2 Å². The van der Waals surface area contributed by atoms with Gasteiger partial charge in [0.2, 0.25) is 0 Å². The van der Waals surface area contributed by atoms with E-state index in [1.54, 1.807) is 25.3 Å². The molecule has 0 bridgehead atoms. The topological polar surface area (TPSA) is 62.2 Å². The predicted molar refractivity (Wildman–Crippen MR) is 72.6 cm³/mol. The molecule has 0 aliphatic carbocycles. The van der Waals surface area contributed by atoms with Crippen LogP contribution in [0.15, 0.2) is 42.6 Å². The fourth-order valence-corrected chi connectivity index (χ4v) is 1.90. The van der Waals surface area contributed by atoms with E-state index >= 15 is 0 Å². The number of pyridine rings is 1. The molecule has 0 aliphatic rings. The van der Waals surface area contributed by atoms with E-state index in [1.165, 1.54) is 12.1 Å². The van der Waals surface area contributed by atoms with Crippen LogP contribution >= 0.6 is 0 Å². The Balaban J connectivity index is 2.15. The quantitative estimate of drug-likeness (QED) is 0.879. The van der Waals surface area contributed by atoms with Gasteiger partial charge in [-0.2, -0.15) is 0 Å². The van der Waals surface area contributed by atoms with Gasteiger partial charge >= 0.3 is 5.97 Å². The van der Waals surface area contributed by atoms with Crippen molar-refractivity contribution in [3.05, 3.63) is 65.2 Å². The summed E-state index contributed by atoms with van der Waals surface area (Å²) >= 11 is 0. The van der Waals surface area contributed by atoms with Crippen LogP contribution < -0.4 is 5.32 Å². The Bertz CT molecular complexity index is 602. The van der Waals surface area contributed by atoms with Crippen LogP contribution in [0.3, 0.4) is 0 Å². The third-order valence-electron chi connectivity index (χ3n) is 2.98. The summed E-state index contributed by atoms with van der Waals surface area (Å²) < 4.78 is 13.2.